The van der Waals surface area contributed by atoms with Crippen LogP contribution < -0.4 is 5.32 Å². The Morgan fingerprint density at radius 2 is 2.67 bits per heavy atom. The highest BCUT2D eigenvalue weighted by atomic mass is 16.5. The predicted molar refractivity (Wildman–Crippen MR) is 46.1 cm³/mol. The van der Waals surface area contributed by atoms with Crippen molar-refractivity contribution in [2.75, 3.05) is 18.5 Å². The second-order valence-corrected chi connectivity index (χ2v) is 3.11. The summed E-state index contributed by atoms with van der Waals surface area (Å²) in [6.07, 6.45) is 4.89. The summed E-state index contributed by atoms with van der Waals surface area (Å²) in [6, 6.07) is 0.467. The van der Waals surface area contributed by atoms with Crippen LogP contribution in [0.3, 0.4) is 0 Å². The molecule has 12 heavy (non-hydrogen) atoms. The van der Waals surface area contributed by atoms with Crippen molar-refractivity contribution >= 4 is 5.69 Å². The molecule has 1 unspecified atom stereocenters. The number of nitrogens with zero attached hydrogens (tertiary/aromatic N) is 2. The fourth-order valence-corrected chi connectivity index (χ4v) is 1.38. The van der Waals surface area contributed by atoms with Gasteiger partial charge in [-0.3, -0.25) is 4.68 Å². The number of rotatable bonds is 2. The molecule has 1 aromatic heterocycles. The second-order valence-electron chi connectivity index (χ2n) is 3.11. The third-order valence-electron chi connectivity index (χ3n) is 2.01. The van der Waals surface area contributed by atoms with Crippen LogP contribution in [0.4, 0.5) is 5.69 Å². The van der Waals surface area contributed by atoms with Crippen LogP contribution >= 0.6 is 0 Å². The highest BCUT2D eigenvalue weighted by Crippen LogP contribution is 2.11. The van der Waals surface area contributed by atoms with E-state index in [2.05, 4.69) is 10.4 Å². The molecule has 0 aliphatic carbocycles. The van der Waals surface area contributed by atoms with E-state index in [1.807, 2.05) is 19.4 Å². The first kappa shape index (κ1) is 7.61. The summed E-state index contributed by atoms with van der Waals surface area (Å²) in [5.41, 5.74) is 1.08. The van der Waals surface area contributed by atoms with Crippen LogP contribution in [0.25, 0.3) is 0 Å². The van der Waals surface area contributed by atoms with Gasteiger partial charge < -0.3 is 10.1 Å². The van der Waals surface area contributed by atoms with E-state index in [4.69, 9.17) is 4.74 Å². The lowest BCUT2D eigenvalue weighted by molar-refractivity contribution is 0.195. The second kappa shape index (κ2) is 3.15. The molecule has 1 fully saturated rings. The van der Waals surface area contributed by atoms with E-state index in [1.165, 1.54) is 0 Å². The molecule has 2 heterocycles. The van der Waals surface area contributed by atoms with E-state index in [0.717, 1.165) is 25.3 Å². The van der Waals surface area contributed by atoms with Gasteiger partial charge in [0.25, 0.3) is 0 Å². The molecule has 0 amide bonds. The zero-order valence-corrected chi connectivity index (χ0v) is 7.16. The standard InChI is InChI=1S/C8H13N3O/c1-11-5-8(4-9-11)10-7-2-3-12-6-7/h4-5,7,10H,2-3,6H2,1H3. The maximum absolute atomic E-state index is 5.25. The van der Waals surface area contributed by atoms with Crippen LogP contribution in [-0.2, 0) is 11.8 Å². The van der Waals surface area contributed by atoms with Crippen molar-refractivity contribution < 1.29 is 4.74 Å². The van der Waals surface area contributed by atoms with Crippen LogP contribution in [0.1, 0.15) is 6.42 Å². The summed E-state index contributed by atoms with van der Waals surface area (Å²) in [5, 5.41) is 7.43. The molecule has 1 atom stereocenters. The third-order valence-corrected chi connectivity index (χ3v) is 2.01. The van der Waals surface area contributed by atoms with Gasteiger partial charge in [-0.25, -0.2) is 0 Å². The van der Waals surface area contributed by atoms with Crippen molar-refractivity contribution in [2.45, 2.75) is 12.5 Å². The van der Waals surface area contributed by atoms with Gasteiger partial charge in [0.1, 0.15) is 0 Å². The summed E-state index contributed by atoms with van der Waals surface area (Å²) < 4.78 is 7.04. The molecular weight excluding hydrogens is 154 g/mol. The van der Waals surface area contributed by atoms with Crippen LogP contribution in [0.15, 0.2) is 12.4 Å². The van der Waals surface area contributed by atoms with Gasteiger partial charge in [-0.2, -0.15) is 5.10 Å². The zero-order valence-electron chi connectivity index (χ0n) is 7.16. The molecule has 1 aliphatic rings. The first-order valence-corrected chi connectivity index (χ1v) is 4.17. The van der Waals surface area contributed by atoms with Crippen molar-refractivity contribution in [3.63, 3.8) is 0 Å². The van der Waals surface area contributed by atoms with Gasteiger partial charge >= 0.3 is 0 Å². The Hall–Kier alpha value is -1.03. The molecule has 0 saturated carbocycles. The fraction of sp³-hybridized carbons (Fsp3) is 0.625. The summed E-state index contributed by atoms with van der Waals surface area (Å²) in [5.74, 6) is 0. The number of aryl methyl sites for hydroxylation is 1. The SMILES string of the molecule is Cn1cc(NC2CCOC2)cn1. The number of anilines is 1. The highest BCUT2D eigenvalue weighted by Gasteiger charge is 2.15. The number of nitrogens with one attached hydrogen (secondary N) is 1. The highest BCUT2D eigenvalue weighted by molar-refractivity contribution is 5.39. The maximum atomic E-state index is 5.25. The first-order valence-electron chi connectivity index (χ1n) is 4.17. The molecule has 1 aliphatic heterocycles. The molecular formula is C8H13N3O. The van der Waals surface area contributed by atoms with Gasteiger partial charge in [0.2, 0.25) is 0 Å². The predicted octanol–water partition coefficient (Wildman–Crippen LogP) is 0.621. The molecule has 2 rings (SSSR count). The van der Waals surface area contributed by atoms with Gasteiger partial charge in [-0.05, 0) is 6.42 Å². The van der Waals surface area contributed by atoms with Crippen molar-refractivity contribution in [2.24, 2.45) is 7.05 Å². The lowest BCUT2D eigenvalue weighted by Crippen LogP contribution is -2.18. The largest absolute Gasteiger partial charge is 0.379 e. The zero-order chi connectivity index (χ0) is 8.39. The van der Waals surface area contributed by atoms with Crippen molar-refractivity contribution in [3.8, 4) is 0 Å². The maximum Gasteiger partial charge on any atom is 0.0729 e. The normalized spacial score (nSPS) is 22.9. The molecule has 0 spiro atoms. The van der Waals surface area contributed by atoms with E-state index in [-0.39, 0.29) is 0 Å². The van der Waals surface area contributed by atoms with Crippen LogP contribution in [-0.4, -0.2) is 29.0 Å². The van der Waals surface area contributed by atoms with Crippen molar-refractivity contribution in [3.05, 3.63) is 12.4 Å². The van der Waals surface area contributed by atoms with E-state index in [9.17, 15) is 0 Å². The average Bonchev–Trinajstić information content (AvgIpc) is 2.63. The molecule has 66 valence electrons. The molecule has 0 aromatic carbocycles. The fourth-order valence-electron chi connectivity index (χ4n) is 1.38. The Kier molecular flexibility index (Phi) is 1.99. The third kappa shape index (κ3) is 1.58. The van der Waals surface area contributed by atoms with Gasteiger partial charge in [0.05, 0.1) is 24.5 Å². The van der Waals surface area contributed by atoms with E-state index < -0.39 is 0 Å². The first-order chi connectivity index (χ1) is 5.84. The number of ether oxygens (including phenoxy) is 1. The lowest BCUT2D eigenvalue weighted by Gasteiger charge is -2.08. The Balaban J connectivity index is 1.94. The van der Waals surface area contributed by atoms with Crippen molar-refractivity contribution in [1.82, 2.24) is 9.78 Å². The summed E-state index contributed by atoms with van der Waals surface area (Å²) in [4.78, 5) is 0. The van der Waals surface area contributed by atoms with Crippen LogP contribution in [0.2, 0.25) is 0 Å². The van der Waals surface area contributed by atoms with Crippen LogP contribution in [0, 0.1) is 0 Å². The topological polar surface area (TPSA) is 39.1 Å². The molecule has 0 radical (unpaired) electrons. The van der Waals surface area contributed by atoms with Gasteiger partial charge in [0, 0.05) is 19.9 Å². The lowest BCUT2D eigenvalue weighted by atomic mass is 10.2. The molecule has 1 N–H and O–H groups in total. The van der Waals surface area contributed by atoms with E-state index in [0.29, 0.717) is 6.04 Å². The molecule has 4 nitrogen and oxygen atoms in total. The molecule has 0 bridgehead atoms. The summed E-state index contributed by atoms with van der Waals surface area (Å²) in [6.45, 7) is 1.69. The molecule has 1 aromatic rings. The van der Waals surface area contributed by atoms with Crippen molar-refractivity contribution in [1.29, 1.82) is 0 Å². The molecule has 1 saturated heterocycles. The minimum atomic E-state index is 0.467. The Morgan fingerprint density at radius 3 is 3.25 bits per heavy atom. The number of hydrogen-bond acceptors (Lipinski definition) is 3. The minimum Gasteiger partial charge on any atom is -0.379 e. The van der Waals surface area contributed by atoms with Gasteiger partial charge in [0.15, 0.2) is 0 Å². The van der Waals surface area contributed by atoms with Gasteiger partial charge in [-0.15, -0.1) is 0 Å². The smallest absolute Gasteiger partial charge is 0.0729 e. The number of hydrogen-bond donors (Lipinski definition) is 1. The van der Waals surface area contributed by atoms with Crippen LogP contribution in [0.5, 0.6) is 0 Å². The number of aromatic nitrogens is 2. The summed E-state index contributed by atoms with van der Waals surface area (Å²) in [7, 11) is 1.91. The quantitative estimate of drug-likeness (QED) is 0.701. The Labute approximate surface area is 71.5 Å². The minimum absolute atomic E-state index is 0.467. The van der Waals surface area contributed by atoms with E-state index in [1.54, 1.807) is 4.68 Å². The molecule has 4 heteroatoms. The monoisotopic (exact) mass is 167 g/mol. The summed E-state index contributed by atoms with van der Waals surface area (Å²) >= 11 is 0. The Morgan fingerprint density at radius 1 is 1.75 bits per heavy atom. The average molecular weight is 167 g/mol. The van der Waals surface area contributed by atoms with Gasteiger partial charge in [-0.1, -0.05) is 0 Å². The van der Waals surface area contributed by atoms with E-state index >= 15 is 0 Å². The Bertz CT molecular complexity index is 253.